The molecule has 1 aliphatic heterocycles. The first-order valence-corrected chi connectivity index (χ1v) is 4.80. The van der Waals surface area contributed by atoms with Crippen molar-refractivity contribution in [2.45, 2.75) is 18.9 Å². The van der Waals surface area contributed by atoms with Crippen molar-refractivity contribution in [2.75, 3.05) is 6.61 Å². The Morgan fingerprint density at radius 3 is 2.11 bits per heavy atom. The van der Waals surface area contributed by atoms with Crippen molar-refractivity contribution in [1.82, 2.24) is 0 Å². The minimum absolute atomic E-state index is 0. The maximum absolute atomic E-state index is 8.85. The molecular formula is C4H11LiO3Si. The van der Waals surface area contributed by atoms with Crippen LogP contribution in [0.1, 0.15) is 12.8 Å². The predicted octanol–water partition coefficient (Wildman–Crippen LogP) is -0.928. The molecule has 0 spiro atoms. The number of hydrogen-bond donors (Lipinski definition) is 2. The molecule has 2 N–H and O–H groups in total. The van der Waals surface area contributed by atoms with Crippen LogP contribution in [0, 0.1) is 0 Å². The Bertz CT molecular complexity index is 79.9. The van der Waals surface area contributed by atoms with Crippen LogP contribution in [0.4, 0.5) is 0 Å². The summed E-state index contributed by atoms with van der Waals surface area (Å²) in [6.45, 7) is 0.527. The Kier molecular flexibility index (Phi) is 4.05. The average molecular weight is 142 g/mol. The van der Waals surface area contributed by atoms with Crippen LogP contribution in [0.25, 0.3) is 0 Å². The Labute approximate surface area is 67.6 Å². The standard InChI is InChI=1S/C4H10O3Si.Li.H/c5-8(6)4-2-1-3-7-8;;/h5-6H,1-4H2;;. The Morgan fingerprint density at radius 2 is 1.89 bits per heavy atom. The molecule has 0 unspecified atom stereocenters. The number of rotatable bonds is 0. The van der Waals surface area contributed by atoms with Crippen molar-refractivity contribution >= 4 is 27.7 Å². The van der Waals surface area contributed by atoms with Crippen LogP contribution in [-0.4, -0.2) is 43.9 Å². The topological polar surface area (TPSA) is 49.7 Å². The fraction of sp³-hybridized carbons (Fsp3) is 1.00. The van der Waals surface area contributed by atoms with E-state index in [1.54, 1.807) is 0 Å². The quantitative estimate of drug-likeness (QED) is 0.430. The van der Waals surface area contributed by atoms with Crippen LogP contribution in [0.15, 0.2) is 0 Å². The van der Waals surface area contributed by atoms with Gasteiger partial charge < -0.3 is 14.0 Å². The fourth-order valence-electron chi connectivity index (χ4n) is 0.765. The SMILES string of the molecule is O[Si]1(O)CCCCO1.[LiH]. The molecule has 0 aliphatic carbocycles. The van der Waals surface area contributed by atoms with E-state index in [4.69, 9.17) is 14.0 Å². The summed E-state index contributed by atoms with van der Waals surface area (Å²) >= 11 is 0. The second-order valence-electron chi connectivity index (χ2n) is 2.05. The van der Waals surface area contributed by atoms with Gasteiger partial charge in [-0.3, -0.25) is 0 Å². The van der Waals surface area contributed by atoms with Gasteiger partial charge in [-0.05, 0) is 12.8 Å². The van der Waals surface area contributed by atoms with Gasteiger partial charge in [-0.15, -0.1) is 0 Å². The Hall–Kier alpha value is 0.694. The molecule has 50 valence electrons. The van der Waals surface area contributed by atoms with E-state index in [2.05, 4.69) is 0 Å². The van der Waals surface area contributed by atoms with E-state index in [0.717, 1.165) is 12.8 Å². The molecule has 0 aromatic carbocycles. The van der Waals surface area contributed by atoms with Crippen LogP contribution >= 0.6 is 0 Å². The molecule has 1 rings (SSSR count). The monoisotopic (exact) mass is 142 g/mol. The van der Waals surface area contributed by atoms with Crippen molar-refractivity contribution in [1.29, 1.82) is 0 Å². The molecule has 0 radical (unpaired) electrons. The molecule has 1 saturated heterocycles. The van der Waals surface area contributed by atoms with Gasteiger partial charge in [-0.1, -0.05) is 0 Å². The molecule has 0 atom stereocenters. The summed E-state index contributed by atoms with van der Waals surface area (Å²) in [6.07, 6.45) is 1.87. The molecule has 3 nitrogen and oxygen atoms in total. The van der Waals surface area contributed by atoms with E-state index in [1.807, 2.05) is 0 Å². The molecule has 5 heteroatoms. The second kappa shape index (κ2) is 3.76. The van der Waals surface area contributed by atoms with Crippen LogP contribution in [0.5, 0.6) is 0 Å². The summed E-state index contributed by atoms with van der Waals surface area (Å²) < 4.78 is 4.72. The summed E-state index contributed by atoms with van der Waals surface area (Å²) in [6, 6.07) is 0.479. The van der Waals surface area contributed by atoms with Crippen LogP contribution < -0.4 is 0 Å². The van der Waals surface area contributed by atoms with Crippen molar-refractivity contribution in [3.63, 3.8) is 0 Å². The van der Waals surface area contributed by atoms with Gasteiger partial charge in [0.1, 0.15) is 0 Å². The van der Waals surface area contributed by atoms with Gasteiger partial charge in [0.2, 0.25) is 0 Å². The van der Waals surface area contributed by atoms with Gasteiger partial charge in [-0.2, -0.15) is 0 Å². The molecule has 0 aromatic heterocycles. The van der Waals surface area contributed by atoms with E-state index in [-0.39, 0.29) is 18.9 Å². The number of hydrogen-bond acceptors (Lipinski definition) is 3. The maximum atomic E-state index is 8.85. The van der Waals surface area contributed by atoms with Gasteiger partial charge in [0.15, 0.2) is 0 Å². The van der Waals surface area contributed by atoms with Crippen LogP contribution in [0.3, 0.4) is 0 Å². The Morgan fingerprint density at radius 1 is 1.22 bits per heavy atom. The molecule has 1 fully saturated rings. The summed E-state index contributed by atoms with van der Waals surface area (Å²) in [5.74, 6) is 0. The molecule has 0 amide bonds. The van der Waals surface area contributed by atoms with E-state index in [1.165, 1.54) is 0 Å². The summed E-state index contributed by atoms with van der Waals surface area (Å²) in [5, 5.41) is 0. The van der Waals surface area contributed by atoms with Crippen LogP contribution in [0.2, 0.25) is 6.04 Å². The van der Waals surface area contributed by atoms with Gasteiger partial charge in [-0.25, -0.2) is 0 Å². The van der Waals surface area contributed by atoms with Crippen LogP contribution in [-0.2, 0) is 4.43 Å². The summed E-state index contributed by atoms with van der Waals surface area (Å²) in [4.78, 5) is 17.7. The summed E-state index contributed by atoms with van der Waals surface area (Å²) in [5.41, 5.74) is 0. The van der Waals surface area contributed by atoms with Gasteiger partial charge in [0, 0.05) is 12.7 Å². The van der Waals surface area contributed by atoms with Crippen molar-refractivity contribution in [3.05, 3.63) is 0 Å². The molecule has 0 saturated carbocycles. The van der Waals surface area contributed by atoms with Crippen molar-refractivity contribution < 1.29 is 14.0 Å². The molecule has 9 heavy (non-hydrogen) atoms. The summed E-state index contributed by atoms with van der Waals surface area (Å²) in [7, 11) is -3.09. The first-order valence-electron chi connectivity index (χ1n) is 2.79. The van der Waals surface area contributed by atoms with E-state index in [9.17, 15) is 0 Å². The first-order chi connectivity index (χ1) is 3.71. The normalized spacial score (nSPS) is 24.7. The average Bonchev–Trinajstić information content (AvgIpc) is 1.65. The van der Waals surface area contributed by atoms with E-state index in [0.29, 0.717) is 12.7 Å². The molecular weight excluding hydrogens is 131 g/mol. The fourth-order valence-corrected chi connectivity index (χ4v) is 2.09. The van der Waals surface area contributed by atoms with Gasteiger partial charge in [0.25, 0.3) is 0 Å². The molecule has 1 aliphatic rings. The zero-order valence-electron chi connectivity index (χ0n) is 4.63. The van der Waals surface area contributed by atoms with Crippen molar-refractivity contribution in [2.24, 2.45) is 0 Å². The third-order valence-electron chi connectivity index (χ3n) is 1.23. The molecule has 0 bridgehead atoms. The zero-order valence-corrected chi connectivity index (χ0v) is 5.63. The third kappa shape index (κ3) is 3.41. The molecule has 0 aromatic rings. The Balaban J connectivity index is 0.000000640. The zero-order chi connectivity index (χ0) is 6.04. The van der Waals surface area contributed by atoms with E-state index < -0.39 is 8.80 Å². The van der Waals surface area contributed by atoms with Gasteiger partial charge in [0.05, 0.1) is 0 Å². The molecule has 1 heterocycles. The van der Waals surface area contributed by atoms with Crippen molar-refractivity contribution in [3.8, 4) is 0 Å². The van der Waals surface area contributed by atoms with Gasteiger partial charge >= 0.3 is 27.7 Å². The minimum atomic E-state index is -3.09. The van der Waals surface area contributed by atoms with E-state index >= 15 is 0 Å². The second-order valence-corrected chi connectivity index (χ2v) is 4.32. The third-order valence-corrected chi connectivity index (χ3v) is 2.90. The predicted molar refractivity (Wildman–Crippen MR) is 37.3 cm³/mol. The first kappa shape index (κ1) is 9.69.